The summed E-state index contributed by atoms with van der Waals surface area (Å²) in [6, 6.07) is -0.665. The second-order valence-electron chi connectivity index (χ2n) is 4.47. The summed E-state index contributed by atoms with van der Waals surface area (Å²) in [7, 11) is 0. The molecule has 88 valence electrons. The van der Waals surface area contributed by atoms with Gasteiger partial charge in [0.1, 0.15) is 11.9 Å². The molecule has 0 aromatic heterocycles. The van der Waals surface area contributed by atoms with Crippen LogP contribution in [0.3, 0.4) is 0 Å². The topological polar surface area (TPSA) is 24.4 Å². The Morgan fingerprint density at radius 3 is 2.88 bits per heavy atom. The number of rotatable bonds is 3. The van der Waals surface area contributed by atoms with Crippen LogP contribution in [0, 0.1) is 5.92 Å². The molecule has 2 aliphatic rings. The van der Waals surface area contributed by atoms with Gasteiger partial charge >= 0.3 is 0 Å². The lowest BCUT2D eigenvalue weighted by atomic mass is 9.83. The molecule has 0 spiro atoms. The molecule has 0 bridgehead atoms. The van der Waals surface area contributed by atoms with Crippen molar-refractivity contribution in [2.45, 2.75) is 32.4 Å². The number of hydrogen-bond donors (Lipinski definition) is 1. The Bertz CT molecular complexity index is 369. The second-order valence-corrected chi connectivity index (χ2v) is 4.47. The van der Waals surface area contributed by atoms with Crippen molar-refractivity contribution < 1.29 is 8.78 Å². The first-order chi connectivity index (χ1) is 7.65. The van der Waals surface area contributed by atoms with E-state index in [0.29, 0.717) is 6.42 Å². The maximum absolute atomic E-state index is 13.7. The van der Waals surface area contributed by atoms with Crippen LogP contribution in [0.1, 0.15) is 20.3 Å². The molecule has 2 nitrogen and oxygen atoms in total. The third-order valence-electron chi connectivity index (χ3n) is 3.11. The standard InChI is InChI=1S/C12H16F2N2/c1-7(2)9-5-10(14)12-11(15-6-16-12)8(9)3-4-13/h5-7,11-12H,3-4H2,1-2H3,(H,15,16). The predicted octanol–water partition coefficient (Wildman–Crippen LogP) is 2.53. The fraction of sp³-hybridized carbons (Fsp3) is 0.583. The molecule has 0 amide bonds. The van der Waals surface area contributed by atoms with Gasteiger partial charge in [0.25, 0.3) is 0 Å². The van der Waals surface area contributed by atoms with Gasteiger partial charge in [-0.1, -0.05) is 13.8 Å². The summed E-state index contributed by atoms with van der Waals surface area (Å²) in [4.78, 5) is 4.03. The predicted molar refractivity (Wildman–Crippen MR) is 60.9 cm³/mol. The fourth-order valence-electron chi connectivity index (χ4n) is 2.35. The molecule has 1 N–H and O–H groups in total. The molecule has 16 heavy (non-hydrogen) atoms. The van der Waals surface area contributed by atoms with Gasteiger partial charge in [-0.05, 0) is 29.6 Å². The van der Waals surface area contributed by atoms with Gasteiger partial charge in [0, 0.05) is 0 Å². The first-order valence-corrected chi connectivity index (χ1v) is 5.58. The van der Waals surface area contributed by atoms with Crippen LogP contribution < -0.4 is 5.32 Å². The molecular formula is C12H16F2N2. The molecule has 2 atom stereocenters. The Balaban J connectivity index is 2.39. The number of hydrogen-bond acceptors (Lipinski definition) is 2. The van der Waals surface area contributed by atoms with E-state index in [9.17, 15) is 8.78 Å². The highest BCUT2D eigenvalue weighted by Gasteiger charge is 2.35. The van der Waals surface area contributed by atoms with Gasteiger partial charge in [0.15, 0.2) is 0 Å². The summed E-state index contributed by atoms with van der Waals surface area (Å²) in [5.74, 6) is -0.0202. The Hall–Kier alpha value is -1.19. The Morgan fingerprint density at radius 1 is 1.50 bits per heavy atom. The summed E-state index contributed by atoms with van der Waals surface area (Å²) in [6.07, 6.45) is 3.40. The summed E-state index contributed by atoms with van der Waals surface area (Å²) >= 11 is 0. The molecule has 1 aliphatic heterocycles. The Labute approximate surface area is 94.1 Å². The van der Waals surface area contributed by atoms with Crippen LogP contribution in [0.5, 0.6) is 0 Å². The van der Waals surface area contributed by atoms with Gasteiger partial charge in [0.2, 0.25) is 0 Å². The van der Waals surface area contributed by atoms with E-state index in [2.05, 4.69) is 10.3 Å². The lowest BCUT2D eigenvalue weighted by Gasteiger charge is -2.28. The monoisotopic (exact) mass is 226 g/mol. The zero-order chi connectivity index (χ0) is 11.7. The van der Waals surface area contributed by atoms with E-state index in [0.717, 1.165) is 11.1 Å². The lowest BCUT2D eigenvalue weighted by Crippen LogP contribution is -2.37. The van der Waals surface area contributed by atoms with Crippen molar-refractivity contribution in [3.05, 3.63) is 23.0 Å². The molecule has 0 saturated carbocycles. The third kappa shape index (κ3) is 1.77. The van der Waals surface area contributed by atoms with E-state index >= 15 is 0 Å². The van der Waals surface area contributed by atoms with Crippen LogP contribution in [-0.2, 0) is 0 Å². The summed E-state index contributed by atoms with van der Waals surface area (Å²) in [5, 5.41) is 3.01. The van der Waals surface area contributed by atoms with Gasteiger partial charge in [-0.3, -0.25) is 9.38 Å². The molecule has 0 saturated heterocycles. The van der Waals surface area contributed by atoms with E-state index in [1.54, 1.807) is 0 Å². The molecule has 4 heteroatoms. The number of nitrogens with one attached hydrogen (secondary N) is 1. The van der Waals surface area contributed by atoms with Crippen molar-refractivity contribution in [2.75, 3.05) is 6.67 Å². The van der Waals surface area contributed by atoms with Crippen LogP contribution in [0.4, 0.5) is 8.78 Å². The Morgan fingerprint density at radius 2 is 2.25 bits per heavy atom. The van der Waals surface area contributed by atoms with E-state index in [-0.39, 0.29) is 17.8 Å². The normalized spacial score (nSPS) is 28.2. The van der Waals surface area contributed by atoms with Crippen molar-refractivity contribution in [3.8, 4) is 0 Å². The van der Waals surface area contributed by atoms with Crippen LogP contribution in [-0.4, -0.2) is 25.1 Å². The highest BCUT2D eigenvalue weighted by atomic mass is 19.1. The second kappa shape index (κ2) is 4.36. The van der Waals surface area contributed by atoms with Crippen molar-refractivity contribution in [3.63, 3.8) is 0 Å². The number of alkyl halides is 1. The molecule has 0 fully saturated rings. The number of allylic oxidation sites excluding steroid dienone is 2. The van der Waals surface area contributed by atoms with Crippen molar-refractivity contribution >= 4 is 6.34 Å². The van der Waals surface area contributed by atoms with Gasteiger partial charge in [-0.2, -0.15) is 0 Å². The number of nitrogens with zero attached hydrogens (tertiary/aromatic N) is 1. The molecule has 1 aliphatic carbocycles. The van der Waals surface area contributed by atoms with Crippen LogP contribution in [0.15, 0.2) is 28.0 Å². The van der Waals surface area contributed by atoms with E-state index in [4.69, 9.17) is 0 Å². The van der Waals surface area contributed by atoms with Gasteiger partial charge in [-0.15, -0.1) is 0 Å². The maximum Gasteiger partial charge on any atom is 0.127 e. The summed E-state index contributed by atoms with van der Waals surface area (Å²) < 4.78 is 26.3. The average molecular weight is 226 g/mol. The van der Waals surface area contributed by atoms with E-state index in [1.165, 1.54) is 12.4 Å². The highest BCUT2D eigenvalue weighted by Crippen LogP contribution is 2.34. The van der Waals surface area contributed by atoms with Crippen molar-refractivity contribution in [1.29, 1.82) is 0 Å². The van der Waals surface area contributed by atoms with Gasteiger partial charge in [0.05, 0.1) is 19.1 Å². The highest BCUT2D eigenvalue weighted by molar-refractivity contribution is 5.63. The zero-order valence-corrected chi connectivity index (χ0v) is 9.50. The summed E-state index contributed by atoms with van der Waals surface area (Å²) in [5.41, 5.74) is 1.87. The zero-order valence-electron chi connectivity index (χ0n) is 9.50. The molecule has 2 unspecified atom stereocenters. The lowest BCUT2D eigenvalue weighted by molar-refractivity contribution is 0.446. The Kier molecular flexibility index (Phi) is 3.08. The minimum absolute atomic E-state index is 0.182. The van der Waals surface area contributed by atoms with Crippen LogP contribution >= 0.6 is 0 Å². The largest absolute Gasteiger partial charge is 0.367 e. The molecular weight excluding hydrogens is 210 g/mol. The van der Waals surface area contributed by atoms with Gasteiger partial charge in [-0.25, -0.2) is 4.39 Å². The molecule has 2 rings (SSSR count). The molecule has 0 aromatic carbocycles. The van der Waals surface area contributed by atoms with E-state index in [1.807, 2.05) is 13.8 Å². The first-order valence-electron chi connectivity index (χ1n) is 5.58. The van der Waals surface area contributed by atoms with Crippen LogP contribution in [0.25, 0.3) is 0 Å². The van der Waals surface area contributed by atoms with Crippen molar-refractivity contribution in [2.24, 2.45) is 10.9 Å². The minimum Gasteiger partial charge on any atom is -0.367 e. The fourth-order valence-corrected chi connectivity index (χ4v) is 2.35. The molecule has 1 heterocycles. The molecule has 0 radical (unpaired) electrons. The minimum atomic E-state index is -0.482. The quantitative estimate of drug-likeness (QED) is 0.785. The van der Waals surface area contributed by atoms with Crippen molar-refractivity contribution in [1.82, 2.24) is 5.32 Å². The van der Waals surface area contributed by atoms with Crippen LogP contribution in [0.2, 0.25) is 0 Å². The molecule has 0 aromatic rings. The SMILES string of the molecule is CC(C)C1=C(CCF)C2NC=NC2C(F)=C1. The number of halogens is 2. The first kappa shape index (κ1) is 11.3. The van der Waals surface area contributed by atoms with E-state index < -0.39 is 12.7 Å². The smallest absolute Gasteiger partial charge is 0.127 e. The number of fused-ring (bicyclic) bond motifs is 1. The summed E-state index contributed by atoms with van der Waals surface area (Å²) in [6.45, 7) is 3.58. The maximum atomic E-state index is 13.7. The number of aliphatic imine (C=N–C) groups is 1. The van der Waals surface area contributed by atoms with Gasteiger partial charge < -0.3 is 5.32 Å². The average Bonchev–Trinajstić information content (AvgIpc) is 2.71. The third-order valence-corrected chi connectivity index (χ3v) is 3.11.